The molecule has 0 aliphatic carbocycles. The number of hydrogen-bond donors (Lipinski definition) is 3. The van der Waals surface area contributed by atoms with E-state index in [1.54, 1.807) is 0 Å². The van der Waals surface area contributed by atoms with E-state index in [1.807, 2.05) is 50.6 Å². The Morgan fingerprint density at radius 1 is 0.946 bits per heavy atom. The molecule has 328 valence electrons. The van der Waals surface area contributed by atoms with Crippen LogP contribution in [0.3, 0.4) is 0 Å². The van der Waals surface area contributed by atoms with E-state index in [0.29, 0.717) is 24.6 Å². The third-order valence-electron chi connectivity index (χ3n) is 13.2. The predicted molar refractivity (Wildman–Crippen MR) is 251 cm³/mol. The van der Waals surface area contributed by atoms with Crippen LogP contribution in [0.2, 0.25) is 0 Å². The molecule has 0 saturated carbocycles. The molecule has 0 bridgehead atoms. The number of amides is 3. The minimum Gasteiger partial charge on any atom is -0.317 e. The van der Waals surface area contributed by atoms with Gasteiger partial charge in [-0.2, -0.15) is 0 Å². The van der Waals surface area contributed by atoms with Crippen LogP contribution in [0.5, 0.6) is 0 Å². The Bertz CT molecular complexity index is 1180. The molecule has 3 aliphatic heterocycles. The minimum absolute atomic E-state index is 0.0408. The third-order valence-corrected chi connectivity index (χ3v) is 21.8. The van der Waals surface area contributed by atoms with E-state index in [4.69, 9.17) is 4.52 Å². The van der Waals surface area contributed by atoms with E-state index in [-0.39, 0.29) is 28.0 Å². The summed E-state index contributed by atoms with van der Waals surface area (Å²) in [6.07, 6.45) is 28.2. The Labute approximate surface area is 351 Å². The summed E-state index contributed by atoms with van der Waals surface area (Å²) in [6, 6.07) is -0.0408. The first kappa shape index (κ1) is 52.7. The molecule has 2 fully saturated rings. The van der Waals surface area contributed by atoms with E-state index in [2.05, 4.69) is 83.1 Å². The van der Waals surface area contributed by atoms with Crippen molar-refractivity contribution in [3.05, 3.63) is 36.2 Å². The molecule has 0 radical (unpaired) electrons. The van der Waals surface area contributed by atoms with Gasteiger partial charge in [0, 0.05) is 0 Å². The summed E-state index contributed by atoms with van der Waals surface area (Å²) in [5, 5.41) is 10.1. The van der Waals surface area contributed by atoms with Gasteiger partial charge in [-0.1, -0.05) is 60.3 Å². The van der Waals surface area contributed by atoms with Crippen molar-refractivity contribution in [2.45, 2.75) is 195 Å². The molecule has 3 rings (SSSR count). The Morgan fingerprint density at radius 2 is 1.52 bits per heavy atom. The van der Waals surface area contributed by atoms with Crippen molar-refractivity contribution in [2.24, 2.45) is 11.3 Å². The van der Waals surface area contributed by atoms with E-state index in [0.717, 1.165) is 75.2 Å². The fraction of sp³-hybridized carbons (Fsp3) is 0.830. The Kier molecular flexibility index (Phi) is 26.5. The van der Waals surface area contributed by atoms with E-state index < -0.39 is 6.83 Å². The van der Waals surface area contributed by atoms with Crippen LogP contribution in [-0.4, -0.2) is 77.8 Å². The summed E-state index contributed by atoms with van der Waals surface area (Å²) < 4.78 is 7.38. The summed E-state index contributed by atoms with van der Waals surface area (Å²) in [5.74, 6) is 0.524. The van der Waals surface area contributed by atoms with Crippen LogP contribution in [0.1, 0.15) is 179 Å². The zero-order valence-electron chi connectivity index (χ0n) is 38.5. The average molecular weight is 823 g/mol. The molecule has 0 spiro atoms. The summed E-state index contributed by atoms with van der Waals surface area (Å²) in [7, 11) is 0. The normalized spacial score (nSPS) is 23.7. The van der Waals surface area contributed by atoms with Crippen molar-refractivity contribution in [1.82, 2.24) is 20.9 Å². The maximum atomic E-state index is 13.1. The summed E-state index contributed by atoms with van der Waals surface area (Å²) in [6.45, 7) is 29.3. The zero-order chi connectivity index (χ0) is 42.1. The number of rotatable bonds is 28. The molecule has 0 aromatic heterocycles. The van der Waals surface area contributed by atoms with Crippen LogP contribution in [0, 0.1) is 11.3 Å². The number of carbonyl (C=O) groups excluding carboxylic acids is 2. The van der Waals surface area contributed by atoms with Gasteiger partial charge < -0.3 is 5.32 Å². The summed E-state index contributed by atoms with van der Waals surface area (Å²) in [4.78, 5) is 28.1. The van der Waals surface area contributed by atoms with Gasteiger partial charge in [-0.15, -0.1) is 0 Å². The maximum absolute atomic E-state index is 13.1. The first-order valence-electron chi connectivity index (χ1n) is 23.5. The van der Waals surface area contributed by atoms with Crippen molar-refractivity contribution in [2.75, 3.05) is 44.7 Å². The van der Waals surface area contributed by atoms with Gasteiger partial charge in [0.05, 0.1) is 0 Å². The van der Waals surface area contributed by atoms with E-state index >= 15 is 0 Å². The average Bonchev–Trinajstić information content (AvgIpc) is 3.74. The Balaban J connectivity index is 0.00000379. The number of thioether (sulfide) groups is 1. The monoisotopic (exact) mass is 823 g/mol. The SMILES string of the molecule is C=CC1CC(N2C=C(C)/C(=C\CC)NC2=O)SC1COP1(CC)(CC)CC1C(CC)(CC)CCC(=O)NCCCCCCCCCCCCNCC.CC.CC. The molecule has 3 heterocycles. The van der Waals surface area contributed by atoms with Crippen LogP contribution >= 0.6 is 18.6 Å². The molecule has 56 heavy (non-hydrogen) atoms. The molecular formula is C47H91N4O3PS. The molecule has 3 amide bonds. The number of hydrogen-bond acceptors (Lipinski definition) is 5. The van der Waals surface area contributed by atoms with E-state index in [9.17, 15) is 9.59 Å². The Hall–Kier alpha value is -1.34. The van der Waals surface area contributed by atoms with Crippen LogP contribution in [0.15, 0.2) is 36.2 Å². The second-order valence-corrected chi connectivity index (χ2v) is 23.4. The second kappa shape index (κ2) is 28.2. The number of urea groups is 1. The van der Waals surface area contributed by atoms with Gasteiger partial charge in [0.25, 0.3) is 0 Å². The topological polar surface area (TPSA) is 82.7 Å². The van der Waals surface area contributed by atoms with Crippen molar-refractivity contribution >= 4 is 30.5 Å². The van der Waals surface area contributed by atoms with Gasteiger partial charge in [0.1, 0.15) is 0 Å². The first-order chi connectivity index (χ1) is 27.1. The van der Waals surface area contributed by atoms with Crippen LogP contribution < -0.4 is 16.0 Å². The molecule has 9 heteroatoms. The molecule has 0 aromatic rings. The van der Waals surface area contributed by atoms with E-state index in [1.165, 1.54) is 70.5 Å². The quantitative estimate of drug-likeness (QED) is 0.0416. The van der Waals surface area contributed by atoms with Gasteiger partial charge in [0.15, 0.2) is 0 Å². The molecule has 2 saturated heterocycles. The fourth-order valence-electron chi connectivity index (χ4n) is 9.24. The van der Waals surface area contributed by atoms with Crippen LogP contribution in [-0.2, 0) is 9.32 Å². The summed E-state index contributed by atoms with van der Waals surface area (Å²) in [5.41, 5.74) is 2.74. The van der Waals surface area contributed by atoms with Crippen molar-refractivity contribution in [3.8, 4) is 0 Å². The van der Waals surface area contributed by atoms with Crippen molar-refractivity contribution in [1.29, 1.82) is 0 Å². The van der Waals surface area contributed by atoms with Gasteiger partial charge >= 0.3 is 268 Å². The van der Waals surface area contributed by atoms with Crippen LogP contribution in [0.25, 0.3) is 0 Å². The molecule has 3 N–H and O–H groups in total. The zero-order valence-corrected chi connectivity index (χ0v) is 40.3. The first-order valence-corrected chi connectivity index (χ1v) is 27.2. The van der Waals surface area contributed by atoms with Crippen molar-refractivity contribution in [3.63, 3.8) is 0 Å². The third kappa shape index (κ3) is 15.0. The van der Waals surface area contributed by atoms with Gasteiger partial charge in [-0.25, -0.2) is 0 Å². The number of nitrogens with one attached hydrogen (secondary N) is 3. The molecule has 4 unspecified atom stereocenters. The fourth-order valence-corrected chi connectivity index (χ4v) is 17.9. The summed E-state index contributed by atoms with van der Waals surface area (Å²) >= 11 is 1.88. The number of allylic oxidation sites excluding steroid dienone is 3. The molecule has 0 aromatic carbocycles. The van der Waals surface area contributed by atoms with Crippen molar-refractivity contribution < 1.29 is 14.1 Å². The standard InChI is InChI=1S/C43H79N4O3PS.2C2H6/c1-9-26-37-35(8)32-47(42(49)46-37)41-31-36(10-2)38(52-41)33-50-51(14-6,15-7)34-39(51)43(11-3,12-4)28-27-40(48)45-30-25-23-21-19-17-16-18-20-22-24-29-44-13-5;2*1-2/h10,26,32,36,38-39,41,44H,2,9,11-25,27-31,33-34H2,1,3-8H3,(H,45,48)(H,46,49);2*1-2H3/b37-26+;;. The smallest absolute Gasteiger partial charge is 0.317 e. The van der Waals surface area contributed by atoms with Crippen LogP contribution in [0.4, 0.5) is 4.79 Å². The number of unbranched alkanes of at least 4 members (excludes halogenated alkanes) is 9. The predicted octanol–water partition coefficient (Wildman–Crippen LogP) is 13.0. The minimum atomic E-state index is -2.40. The van der Waals surface area contributed by atoms with Gasteiger partial charge in [0.2, 0.25) is 0 Å². The Morgan fingerprint density at radius 3 is 2.04 bits per heavy atom. The van der Waals surface area contributed by atoms with Gasteiger partial charge in [-0.05, 0) is 19.5 Å². The van der Waals surface area contributed by atoms with Gasteiger partial charge in [-0.3, -0.25) is 0 Å². The number of nitrogens with zero attached hydrogens (tertiary/aromatic N) is 1. The molecule has 4 atom stereocenters. The number of carbonyl (C=O) groups is 2. The second-order valence-electron chi connectivity index (χ2n) is 16.1. The molecule has 3 aliphatic rings. The molecular weight excluding hydrogens is 732 g/mol. The molecule has 7 nitrogen and oxygen atoms in total.